The van der Waals surface area contributed by atoms with Crippen LogP contribution in [0.4, 0.5) is 0 Å². The van der Waals surface area contributed by atoms with Gasteiger partial charge in [-0.1, -0.05) is 376 Å². The van der Waals surface area contributed by atoms with Crippen molar-refractivity contribution in [1.82, 2.24) is 5.32 Å². The molecule has 0 saturated heterocycles. The van der Waals surface area contributed by atoms with Gasteiger partial charge >= 0.3 is 0 Å². The molecule has 9 heteroatoms. The molecular weight excluding hydrogens is 1120 g/mol. The topological polar surface area (TPSA) is 108 Å². The molecule has 0 spiro atoms. The normalized spacial score (nSPS) is 13.9. The number of hydrogen-bond acceptors (Lipinski definition) is 6. The number of aliphatic hydroxyl groups is 1. The summed E-state index contributed by atoms with van der Waals surface area (Å²) >= 11 is 0. The number of nitrogens with one attached hydrogen (secondary N) is 1. The van der Waals surface area contributed by atoms with E-state index in [1.807, 2.05) is 27.2 Å². The number of phosphoric acid groups is 1. The van der Waals surface area contributed by atoms with Gasteiger partial charge in [-0.15, -0.1) is 0 Å². The van der Waals surface area contributed by atoms with Crippen LogP contribution in [-0.4, -0.2) is 68.5 Å². The van der Waals surface area contributed by atoms with Gasteiger partial charge in [0.15, 0.2) is 0 Å². The fourth-order valence-corrected chi connectivity index (χ4v) is 12.4. The molecule has 2 N–H and O–H groups in total. The van der Waals surface area contributed by atoms with Crippen LogP contribution in [0.3, 0.4) is 0 Å². The summed E-state index contributed by atoms with van der Waals surface area (Å²) in [5.41, 5.74) is 0. The van der Waals surface area contributed by atoms with Crippen LogP contribution < -0.4 is 10.2 Å². The van der Waals surface area contributed by atoms with Crippen molar-refractivity contribution in [2.75, 3.05) is 40.9 Å². The first kappa shape index (κ1) is 86.9. The molecule has 0 radical (unpaired) electrons. The van der Waals surface area contributed by atoms with Crippen LogP contribution in [-0.2, 0) is 18.4 Å². The average Bonchev–Trinajstić information content (AvgIpc) is 3.61. The molecule has 0 bridgehead atoms. The van der Waals surface area contributed by atoms with Crippen LogP contribution in [0.2, 0.25) is 0 Å². The van der Waals surface area contributed by atoms with E-state index in [0.717, 1.165) is 64.2 Å². The molecule has 0 aromatic rings. The van der Waals surface area contributed by atoms with Crippen LogP contribution in [0.25, 0.3) is 0 Å². The second-order valence-electron chi connectivity index (χ2n) is 27.7. The Morgan fingerprint density at radius 1 is 0.404 bits per heavy atom. The third-order valence-corrected chi connectivity index (χ3v) is 18.6. The Hall–Kier alpha value is -2.06. The summed E-state index contributed by atoms with van der Waals surface area (Å²) < 4.78 is 23.5. The van der Waals surface area contributed by atoms with E-state index in [-0.39, 0.29) is 19.1 Å². The van der Waals surface area contributed by atoms with E-state index in [1.54, 1.807) is 6.08 Å². The molecule has 0 aliphatic carbocycles. The van der Waals surface area contributed by atoms with E-state index < -0.39 is 20.0 Å². The number of aliphatic hydroxyl groups excluding tert-OH is 1. The molecule has 0 rings (SSSR count). The molecular formula is C80H151N2O6P. The van der Waals surface area contributed by atoms with E-state index in [2.05, 4.69) is 79.9 Å². The Morgan fingerprint density at radius 2 is 0.697 bits per heavy atom. The fourth-order valence-electron chi connectivity index (χ4n) is 11.7. The number of unbranched alkanes of at least 4 members (excludes halogenated alkanes) is 49. The Kier molecular flexibility index (Phi) is 68.6. The van der Waals surface area contributed by atoms with Crippen LogP contribution in [0.5, 0.6) is 0 Å². The SMILES string of the molecule is CC/C=C\C/C=C\C/C=C\C/C=C\CCCCCCCCCCCCCCCCCCCCCCCCCCCCCCC(=O)NC(COP(=O)([O-])OCC[N+](C)(C)C)C(O)/C=C/CC/C=C/CCCCCCCCCCCCCCCCCCCCCC. The smallest absolute Gasteiger partial charge is 0.268 e. The van der Waals surface area contributed by atoms with Crippen LogP contribution in [0, 0.1) is 0 Å². The second-order valence-corrected chi connectivity index (χ2v) is 29.1. The zero-order valence-electron chi connectivity index (χ0n) is 59.9. The summed E-state index contributed by atoms with van der Waals surface area (Å²) in [7, 11) is 1.26. The van der Waals surface area contributed by atoms with Crippen molar-refractivity contribution in [2.45, 2.75) is 392 Å². The number of nitrogens with zero attached hydrogens (tertiary/aromatic N) is 1. The minimum absolute atomic E-state index is 0.00540. The van der Waals surface area contributed by atoms with Crippen molar-refractivity contribution in [3.8, 4) is 0 Å². The lowest BCUT2D eigenvalue weighted by Crippen LogP contribution is -2.45. The molecule has 1 amide bonds. The van der Waals surface area contributed by atoms with Crippen molar-refractivity contribution in [3.63, 3.8) is 0 Å². The molecule has 0 aromatic heterocycles. The Bertz CT molecular complexity index is 1680. The lowest BCUT2D eigenvalue weighted by atomic mass is 10.0. The second kappa shape index (κ2) is 70.3. The molecule has 8 nitrogen and oxygen atoms in total. The van der Waals surface area contributed by atoms with E-state index >= 15 is 0 Å². The summed E-state index contributed by atoms with van der Waals surface area (Å²) in [5.74, 6) is -0.200. The Morgan fingerprint density at radius 3 is 1.04 bits per heavy atom. The first-order valence-electron chi connectivity index (χ1n) is 38.8. The van der Waals surface area contributed by atoms with Gasteiger partial charge in [-0.2, -0.15) is 0 Å². The molecule has 0 aromatic carbocycles. The number of carbonyl (C=O) groups is 1. The number of amides is 1. The number of carbonyl (C=O) groups excluding carboxylic acids is 1. The minimum Gasteiger partial charge on any atom is -0.756 e. The predicted octanol–water partition coefficient (Wildman–Crippen LogP) is 24.7. The Balaban J connectivity index is 3.94. The molecule has 522 valence electrons. The van der Waals surface area contributed by atoms with Gasteiger partial charge < -0.3 is 28.8 Å². The van der Waals surface area contributed by atoms with E-state index in [4.69, 9.17) is 9.05 Å². The van der Waals surface area contributed by atoms with Gasteiger partial charge in [0.1, 0.15) is 13.2 Å². The Labute approximate surface area is 554 Å². The highest BCUT2D eigenvalue weighted by Crippen LogP contribution is 2.38. The van der Waals surface area contributed by atoms with E-state index in [0.29, 0.717) is 17.4 Å². The molecule has 0 fully saturated rings. The van der Waals surface area contributed by atoms with Gasteiger partial charge in [0.05, 0.1) is 39.9 Å². The van der Waals surface area contributed by atoms with Gasteiger partial charge in [-0.05, 0) is 70.6 Å². The average molecular weight is 1270 g/mol. The highest BCUT2D eigenvalue weighted by atomic mass is 31.2. The maximum absolute atomic E-state index is 13.1. The summed E-state index contributed by atoms with van der Waals surface area (Å²) in [6, 6.07) is -0.905. The molecule has 0 aliphatic heterocycles. The lowest BCUT2D eigenvalue weighted by Gasteiger charge is -2.29. The van der Waals surface area contributed by atoms with Crippen molar-refractivity contribution < 1.29 is 32.9 Å². The standard InChI is InChI=1S/C80H151N2O6P/c1-6-8-10-12-14-16-18-20-22-24-26-28-30-32-34-35-36-37-38-39-40-41-42-43-44-45-46-47-48-50-52-54-56-58-60-62-64-66-68-70-72-74-80(84)81-78(77-88-89(85,86)87-76-75-82(3,4)5)79(83)73-71-69-67-65-63-61-59-57-55-53-51-49-33-31-29-27-25-23-21-19-17-15-13-11-9-7-2/h8,10,14,16,20,22,26,28,63,65,71,73,78-79,83H,6-7,9,11-13,15,17-19,21,23-25,27,29-62,64,66-70,72,74-77H2,1-5H3,(H-,81,84,85,86)/b10-8-,16-14-,22-20-,28-26-,65-63+,73-71+. The maximum atomic E-state index is 13.1. The molecule has 0 saturated carbocycles. The molecule has 0 aliphatic rings. The summed E-state index contributed by atoms with van der Waals surface area (Å²) in [4.78, 5) is 25.7. The third kappa shape index (κ3) is 73.2. The highest BCUT2D eigenvalue weighted by Gasteiger charge is 2.23. The number of rotatable bonds is 72. The molecule has 3 atom stereocenters. The van der Waals surface area contributed by atoms with Gasteiger partial charge in [-0.25, -0.2) is 0 Å². The number of hydrogen-bond donors (Lipinski definition) is 2. The number of phosphoric ester groups is 1. The number of quaternary nitrogens is 1. The predicted molar refractivity (Wildman–Crippen MR) is 390 cm³/mol. The first-order chi connectivity index (χ1) is 43.5. The number of allylic oxidation sites excluding steroid dienone is 11. The van der Waals surface area contributed by atoms with Gasteiger partial charge in [0.2, 0.25) is 5.91 Å². The molecule has 3 unspecified atom stereocenters. The zero-order chi connectivity index (χ0) is 64.8. The van der Waals surface area contributed by atoms with Crippen molar-refractivity contribution in [1.29, 1.82) is 0 Å². The van der Waals surface area contributed by atoms with Crippen molar-refractivity contribution >= 4 is 13.7 Å². The summed E-state index contributed by atoms with van der Waals surface area (Å²) in [6.07, 6.45) is 99.3. The molecule has 89 heavy (non-hydrogen) atoms. The van der Waals surface area contributed by atoms with Crippen LogP contribution in [0.1, 0.15) is 380 Å². The lowest BCUT2D eigenvalue weighted by molar-refractivity contribution is -0.870. The third-order valence-electron chi connectivity index (χ3n) is 17.7. The quantitative estimate of drug-likeness (QED) is 0.0272. The maximum Gasteiger partial charge on any atom is 0.268 e. The zero-order valence-corrected chi connectivity index (χ0v) is 60.8. The highest BCUT2D eigenvalue weighted by molar-refractivity contribution is 7.45. The monoisotopic (exact) mass is 1270 g/mol. The summed E-state index contributed by atoms with van der Waals surface area (Å²) in [6.45, 7) is 4.57. The van der Waals surface area contributed by atoms with Crippen LogP contribution >= 0.6 is 7.82 Å². The number of likely N-dealkylation sites (N-methyl/N-ethyl adjacent to an activating group) is 1. The fraction of sp³-hybridized carbons (Fsp3) is 0.838. The summed E-state index contributed by atoms with van der Waals surface area (Å²) in [5, 5.41) is 14.0. The van der Waals surface area contributed by atoms with E-state index in [9.17, 15) is 19.4 Å². The minimum atomic E-state index is -4.61. The molecule has 0 heterocycles. The first-order valence-corrected chi connectivity index (χ1v) is 40.3. The van der Waals surface area contributed by atoms with E-state index in [1.165, 1.54) is 295 Å². The van der Waals surface area contributed by atoms with Gasteiger partial charge in [-0.3, -0.25) is 9.36 Å². The van der Waals surface area contributed by atoms with Crippen molar-refractivity contribution in [3.05, 3.63) is 72.9 Å². The largest absolute Gasteiger partial charge is 0.756 e. The van der Waals surface area contributed by atoms with Gasteiger partial charge in [0.25, 0.3) is 7.82 Å². The van der Waals surface area contributed by atoms with Crippen LogP contribution in [0.15, 0.2) is 72.9 Å². The van der Waals surface area contributed by atoms with Crippen molar-refractivity contribution in [2.24, 2.45) is 0 Å². The van der Waals surface area contributed by atoms with Gasteiger partial charge in [0, 0.05) is 6.42 Å².